The predicted molar refractivity (Wildman–Crippen MR) is 123 cm³/mol. The van der Waals surface area contributed by atoms with E-state index in [2.05, 4.69) is 10.0 Å². The summed E-state index contributed by atoms with van der Waals surface area (Å²) in [5, 5.41) is 3.34. The Morgan fingerprint density at radius 3 is 2.25 bits per heavy atom. The second kappa shape index (κ2) is 11.3. The summed E-state index contributed by atoms with van der Waals surface area (Å²) in [6.45, 7) is -0.423. The monoisotopic (exact) mass is 478 g/mol. The van der Waals surface area contributed by atoms with Crippen LogP contribution in [0.3, 0.4) is 0 Å². The quantitative estimate of drug-likeness (QED) is 0.569. The van der Waals surface area contributed by atoms with E-state index in [1.54, 1.807) is 12.1 Å². The minimum atomic E-state index is -3.94. The number of sulfonamides is 1. The molecule has 0 aromatic heterocycles. The van der Waals surface area contributed by atoms with Gasteiger partial charge in [0.15, 0.2) is 6.61 Å². The second-order valence-corrected chi connectivity index (χ2v) is 9.91. The molecule has 0 saturated heterocycles. The molecule has 0 bridgehead atoms. The summed E-state index contributed by atoms with van der Waals surface area (Å²) in [4.78, 5) is 24.8. The van der Waals surface area contributed by atoms with Crippen LogP contribution in [0.4, 0.5) is 5.69 Å². The van der Waals surface area contributed by atoms with Gasteiger partial charge in [0.05, 0.1) is 16.1 Å². The zero-order chi connectivity index (χ0) is 23.0. The molecule has 2 aromatic rings. The van der Waals surface area contributed by atoms with Crippen molar-refractivity contribution in [3.63, 3.8) is 0 Å². The van der Waals surface area contributed by atoms with Crippen molar-refractivity contribution in [2.45, 2.75) is 55.9 Å². The first-order valence-electron chi connectivity index (χ1n) is 10.7. The summed E-state index contributed by atoms with van der Waals surface area (Å²) < 4.78 is 32.9. The van der Waals surface area contributed by atoms with Gasteiger partial charge in [-0.3, -0.25) is 9.52 Å². The van der Waals surface area contributed by atoms with E-state index in [9.17, 15) is 18.0 Å². The highest BCUT2D eigenvalue weighted by molar-refractivity contribution is 7.92. The van der Waals surface area contributed by atoms with E-state index in [0.717, 1.165) is 25.7 Å². The number of carbonyl (C=O) groups is 2. The third-order valence-corrected chi connectivity index (χ3v) is 6.95. The van der Waals surface area contributed by atoms with Crippen LogP contribution in [-0.2, 0) is 19.6 Å². The zero-order valence-electron chi connectivity index (χ0n) is 17.7. The van der Waals surface area contributed by atoms with Crippen LogP contribution in [0.1, 0.15) is 55.3 Å². The van der Waals surface area contributed by atoms with E-state index in [4.69, 9.17) is 16.3 Å². The Morgan fingerprint density at radius 1 is 0.938 bits per heavy atom. The molecule has 32 heavy (non-hydrogen) atoms. The molecule has 2 aromatic carbocycles. The Labute approximate surface area is 193 Å². The number of amides is 1. The molecule has 7 nitrogen and oxygen atoms in total. The van der Waals surface area contributed by atoms with Crippen LogP contribution in [0.2, 0.25) is 5.02 Å². The molecule has 2 N–H and O–H groups in total. The van der Waals surface area contributed by atoms with Gasteiger partial charge in [0, 0.05) is 11.1 Å². The number of halogens is 1. The van der Waals surface area contributed by atoms with Gasteiger partial charge < -0.3 is 10.1 Å². The standard InChI is InChI=1S/C23H27ClN2O5S/c24-17-12-14-19(15-13-17)32(29,30)26-21-11-7-6-10-20(21)23(28)31-16-22(27)25-18-8-4-2-1-3-5-9-18/h6-7,10-15,18,26H,1-5,8-9,16H2,(H,25,27). The number of ether oxygens (including phenoxy) is 1. The third kappa shape index (κ3) is 6.97. The first kappa shape index (κ1) is 24.1. The number of rotatable bonds is 7. The van der Waals surface area contributed by atoms with Gasteiger partial charge >= 0.3 is 5.97 Å². The molecule has 1 aliphatic rings. The minimum Gasteiger partial charge on any atom is -0.452 e. The van der Waals surface area contributed by atoms with Crippen molar-refractivity contribution in [1.29, 1.82) is 0 Å². The maximum atomic E-state index is 12.7. The maximum Gasteiger partial charge on any atom is 0.340 e. The number of hydrogen-bond donors (Lipinski definition) is 2. The van der Waals surface area contributed by atoms with E-state index in [0.29, 0.717) is 5.02 Å². The number of benzene rings is 2. The average Bonchev–Trinajstić information content (AvgIpc) is 2.74. The van der Waals surface area contributed by atoms with Crippen LogP contribution >= 0.6 is 11.6 Å². The van der Waals surface area contributed by atoms with Crippen LogP contribution < -0.4 is 10.0 Å². The van der Waals surface area contributed by atoms with Crippen molar-refractivity contribution in [3.05, 3.63) is 59.1 Å². The zero-order valence-corrected chi connectivity index (χ0v) is 19.3. The minimum absolute atomic E-state index is 0.00338. The van der Waals surface area contributed by atoms with Gasteiger partial charge in [0.1, 0.15) is 0 Å². The van der Waals surface area contributed by atoms with E-state index in [1.165, 1.54) is 55.7 Å². The van der Waals surface area contributed by atoms with Crippen molar-refractivity contribution in [2.24, 2.45) is 0 Å². The number of esters is 1. The second-order valence-electron chi connectivity index (χ2n) is 7.79. The van der Waals surface area contributed by atoms with E-state index < -0.39 is 22.6 Å². The molecule has 172 valence electrons. The molecule has 0 heterocycles. The molecular weight excluding hydrogens is 452 g/mol. The van der Waals surface area contributed by atoms with Crippen molar-refractivity contribution in [3.8, 4) is 0 Å². The number of carbonyl (C=O) groups excluding carboxylic acids is 2. The first-order valence-corrected chi connectivity index (χ1v) is 12.6. The van der Waals surface area contributed by atoms with Gasteiger partial charge in [-0.2, -0.15) is 0 Å². The summed E-state index contributed by atoms with van der Waals surface area (Å²) in [5.74, 6) is -1.14. The van der Waals surface area contributed by atoms with Crippen molar-refractivity contribution in [2.75, 3.05) is 11.3 Å². The molecule has 1 aliphatic carbocycles. The highest BCUT2D eigenvalue weighted by Crippen LogP contribution is 2.22. The molecule has 0 atom stereocenters. The average molecular weight is 479 g/mol. The Balaban J connectivity index is 1.61. The van der Waals surface area contributed by atoms with E-state index >= 15 is 0 Å². The van der Waals surface area contributed by atoms with Crippen LogP contribution in [0, 0.1) is 0 Å². The van der Waals surface area contributed by atoms with Crippen LogP contribution in [-0.4, -0.2) is 32.9 Å². The summed E-state index contributed by atoms with van der Waals surface area (Å²) in [5.41, 5.74) is 0.0802. The van der Waals surface area contributed by atoms with Crippen molar-refractivity contribution < 1.29 is 22.7 Å². The van der Waals surface area contributed by atoms with Crippen LogP contribution in [0.25, 0.3) is 0 Å². The number of para-hydroxylation sites is 1. The Bertz CT molecular complexity index is 1030. The smallest absolute Gasteiger partial charge is 0.340 e. The molecule has 0 spiro atoms. The third-order valence-electron chi connectivity index (χ3n) is 5.32. The summed E-state index contributed by atoms with van der Waals surface area (Å²) in [6, 6.07) is 11.8. The SMILES string of the molecule is O=C(COC(=O)c1ccccc1NS(=O)(=O)c1ccc(Cl)cc1)NC1CCCCCCC1. The van der Waals surface area contributed by atoms with E-state index in [1.807, 2.05) is 0 Å². The molecule has 1 fully saturated rings. The molecule has 0 aliphatic heterocycles. The van der Waals surface area contributed by atoms with Gasteiger partial charge in [-0.1, -0.05) is 55.8 Å². The number of hydrogen-bond acceptors (Lipinski definition) is 5. The highest BCUT2D eigenvalue weighted by Gasteiger charge is 2.21. The Kier molecular flexibility index (Phi) is 8.53. The lowest BCUT2D eigenvalue weighted by Crippen LogP contribution is -2.38. The molecule has 1 saturated carbocycles. The number of nitrogens with one attached hydrogen (secondary N) is 2. The molecule has 1 amide bonds. The summed E-state index contributed by atoms with van der Waals surface area (Å²) >= 11 is 5.82. The van der Waals surface area contributed by atoms with Gasteiger partial charge in [-0.15, -0.1) is 0 Å². The van der Waals surface area contributed by atoms with Crippen LogP contribution in [0.15, 0.2) is 53.4 Å². The van der Waals surface area contributed by atoms with Crippen LogP contribution in [0.5, 0.6) is 0 Å². The maximum absolute atomic E-state index is 12.7. The van der Waals surface area contributed by atoms with Crippen molar-refractivity contribution in [1.82, 2.24) is 5.32 Å². The molecule has 9 heteroatoms. The fourth-order valence-corrected chi connectivity index (χ4v) is 4.85. The lowest BCUT2D eigenvalue weighted by molar-refractivity contribution is -0.125. The Morgan fingerprint density at radius 2 is 1.56 bits per heavy atom. The lowest BCUT2D eigenvalue weighted by Gasteiger charge is -2.21. The molecule has 3 rings (SSSR count). The topological polar surface area (TPSA) is 102 Å². The van der Waals surface area contributed by atoms with Crippen molar-refractivity contribution >= 4 is 39.2 Å². The van der Waals surface area contributed by atoms with E-state index in [-0.39, 0.29) is 28.1 Å². The largest absolute Gasteiger partial charge is 0.452 e. The molecular formula is C23H27ClN2O5S. The van der Waals surface area contributed by atoms with Gasteiger partial charge in [-0.05, 0) is 49.2 Å². The fraction of sp³-hybridized carbons (Fsp3) is 0.391. The molecule has 0 radical (unpaired) electrons. The lowest BCUT2D eigenvalue weighted by atomic mass is 9.97. The van der Waals surface area contributed by atoms with Gasteiger partial charge in [0.25, 0.3) is 15.9 Å². The highest BCUT2D eigenvalue weighted by atomic mass is 35.5. The summed E-state index contributed by atoms with van der Waals surface area (Å²) in [7, 11) is -3.94. The summed E-state index contributed by atoms with van der Waals surface area (Å²) in [6.07, 6.45) is 7.58. The van der Waals surface area contributed by atoms with Gasteiger partial charge in [0.2, 0.25) is 0 Å². The molecule has 0 unspecified atom stereocenters. The first-order chi connectivity index (χ1) is 15.3. The fourth-order valence-electron chi connectivity index (χ4n) is 3.65. The number of anilines is 1. The normalized spacial score (nSPS) is 15.3. The van der Waals surface area contributed by atoms with Gasteiger partial charge in [-0.25, -0.2) is 13.2 Å². The predicted octanol–water partition coefficient (Wildman–Crippen LogP) is 4.53. The Hall–Kier alpha value is -2.58.